The van der Waals surface area contributed by atoms with E-state index in [1.54, 1.807) is 13.3 Å². The number of nitrogens with one attached hydrogen (secondary N) is 1. The fourth-order valence-electron chi connectivity index (χ4n) is 1.97. The van der Waals surface area contributed by atoms with Gasteiger partial charge in [0.2, 0.25) is 5.88 Å². The number of rotatable bonds is 7. The molecule has 0 bridgehead atoms. The Balaban J connectivity index is 2.10. The van der Waals surface area contributed by atoms with Gasteiger partial charge in [-0.3, -0.25) is 0 Å². The molecular weight excluding hydrogens is 240 g/mol. The van der Waals surface area contributed by atoms with Crippen molar-refractivity contribution in [1.82, 2.24) is 10.3 Å². The van der Waals surface area contributed by atoms with E-state index in [0.29, 0.717) is 12.5 Å². The Hall–Kier alpha value is -1.81. The summed E-state index contributed by atoms with van der Waals surface area (Å²) in [6.07, 6.45) is 2.88. The number of ether oxygens (including phenoxy) is 2. The summed E-state index contributed by atoms with van der Waals surface area (Å²) in [5.41, 5.74) is 0. The van der Waals surface area contributed by atoms with Crippen LogP contribution in [0.15, 0.2) is 30.5 Å². The van der Waals surface area contributed by atoms with Crippen molar-refractivity contribution in [3.8, 4) is 11.6 Å². The number of aromatic nitrogens is 1. The standard InChI is InChI=1S/C15H20N2O2/c1-3-8-16-10-11-19-15-13-5-4-6-14(18-2)12(13)7-9-17-15/h4-7,9,16H,3,8,10-11H2,1-2H3. The van der Waals surface area contributed by atoms with Crippen molar-refractivity contribution < 1.29 is 9.47 Å². The second-order valence-corrected chi connectivity index (χ2v) is 4.27. The van der Waals surface area contributed by atoms with Crippen molar-refractivity contribution in [2.45, 2.75) is 13.3 Å². The van der Waals surface area contributed by atoms with E-state index in [1.165, 1.54) is 0 Å². The quantitative estimate of drug-likeness (QED) is 0.777. The van der Waals surface area contributed by atoms with Gasteiger partial charge in [0, 0.05) is 23.5 Å². The van der Waals surface area contributed by atoms with E-state index >= 15 is 0 Å². The zero-order valence-electron chi connectivity index (χ0n) is 11.5. The summed E-state index contributed by atoms with van der Waals surface area (Å²) in [4.78, 5) is 4.29. The number of benzene rings is 1. The van der Waals surface area contributed by atoms with Crippen LogP contribution in [-0.4, -0.2) is 31.8 Å². The first kappa shape index (κ1) is 13.6. The Morgan fingerprint density at radius 2 is 2.05 bits per heavy atom. The van der Waals surface area contributed by atoms with Gasteiger partial charge in [0.1, 0.15) is 12.4 Å². The molecule has 0 fully saturated rings. The number of fused-ring (bicyclic) bond motifs is 1. The Labute approximate surface area is 113 Å². The van der Waals surface area contributed by atoms with Gasteiger partial charge in [-0.1, -0.05) is 13.0 Å². The first-order valence-electron chi connectivity index (χ1n) is 6.62. The number of hydrogen-bond acceptors (Lipinski definition) is 4. The van der Waals surface area contributed by atoms with Crippen LogP contribution < -0.4 is 14.8 Å². The minimum atomic E-state index is 0.614. The molecule has 0 aliphatic heterocycles. The molecule has 0 atom stereocenters. The van der Waals surface area contributed by atoms with Gasteiger partial charge in [-0.05, 0) is 31.2 Å². The zero-order valence-corrected chi connectivity index (χ0v) is 11.5. The van der Waals surface area contributed by atoms with E-state index < -0.39 is 0 Å². The van der Waals surface area contributed by atoms with Crippen LogP contribution in [-0.2, 0) is 0 Å². The highest BCUT2D eigenvalue weighted by molar-refractivity contribution is 5.91. The van der Waals surface area contributed by atoms with Gasteiger partial charge in [0.15, 0.2) is 0 Å². The van der Waals surface area contributed by atoms with E-state index in [0.717, 1.165) is 36.0 Å². The molecule has 1 heterocycles. The largest absolute Gasteiger partial charge is 0.496 e. The second-order valence-electron chi connectivity index (χ2n) is 4.27. The highest BCUT2D eigenvalue weighted by Crippen LogP contribution is 2.29. The molecule has 0 spiro atoms. The summed E-state index contributed by atoms with van der Waals surface area (Å²) in [6, 6.07) is 7.83. The van der Waals surface area contributed by atoms with Crippen LogP contribution in [0.4, 0.5) is 0 Å². The highest BCUT2D eigenvalue weighted by atomic mass is 16.5. The van der Waals surface area contributed by atoms with E-state index in [1.807, 2.05) is 24.3 Å². The van der Waals surface area contributed by atoms with Crippen molar-refractivity contribution in [3.05, 3.63) is 30.5 Å². The molecule has 0 saturated carbocycles. The molecule has 0 saturated heterocycles. The lowest BCUT2D eigenvalue weighted by molar-refractivity contribution is 0.306. The Morgan fingerprint density at radius 3 is 2.84 bits per heavy atom. The summed E-state index contributed by atoms with van der Waals surface area (Å²) < 4.78 is 11.1. The maximum Gasteiger partial charge on any atom is 0.221 e. The fraction of sp³-hybridized carbons (Fsp3) is 0.400. The van der Waals surface area contributed by atoms with Crippen LogP contribution in [0.5, 0.6) is 11.6 Å². The summed E-state index contributed by atoms with van der Waals surface area (Å²) in [7, 11) is 1.67. The van der Waals surface area contributed by atoms with Crippen molar-refractivity contribution >= 4 is 10.8 Å². The van der Waals surface area contributed by atoms with E-state index in [9.17, 15) is 0 Å². The highest BCUT2D eigenvalue weighted by Gasteiger charge is 2.06. The molecule has 19 heavy (non-hydrogen) atoms. The van der Waals surface area contributed by atoms with Gasteiger partial charge < -0.3 is 14.8 Å². The van der Waals surface area contributed by atoms with Crippen LogP contribution in [0.1, 0.15) is 13.3 Å². The third-order valence-corrected chi connectivity index (χ3v) is 2.89. The van der Waals surface area contributed by atoms with Gasteiger partial charge in [-0.25, -0.2) is 4.98 Å². The summed E-state index contributed by atoms with van der Waals surface area (Å²) in [5, 5.41) is 5.31. The normalized spacial score (nSPS) is 10.6. The number of methoxy groups -OCH3 is 1. The Kier molecular flexibility index (Phi) is 4.98. The molecule has 0 amide bonds. The summed E-state index contributed by atoms with van der Waals surface area (Å²) >= 11 is 0. The van der Waals surface area contributed by atoms with Crippen molar-refractivity contribution in [2.24, 2.45) is 0 Å². The average Bonchev–Trinajstić information content (AvgIpc) is 2.46. The molecule has 1 N–H and O–H groups in total. The van der Waals surface area contributed by atoms with Crippen LogP contribution in [0.3, 0.4) is 0 Å². The maximum atomic E-state index is 5.74. The second kappa shape index (κ2) is 6.95. The molecule has 2 aromatic rings. The molecular formula is C15H20N2O2. The molecule has 4 nitrogen and oxygen atoms in total. The number of nitrogens with zero attached hydrogens (tertiary/aromatic N) is 1. The van der Waals surface area contributed by atoms with E-state index in [-0.39, 0.29) is 0 Å². The molecule has 102 valence electrons. The number of hydrogen-bond donors (Lipinski definition) is 1. The maximum absolute atomic E-state index is 5.74. The van der Waals surface area contributed by atoms with Crippen LogP contribution in [0.25, 0.3) is 10.8 Å². The molecule has 1 aromatic heterocycles. The van der Waals surface area contributed by atoms with Crippen molar-refractivity contribution in [3.63, 3.8) is 0 Å². The predicted octanol–water partition coefficient (Wildman–Crippen LogP) is 2.62. The monoisotopic (exact) mass is 260 g/mol. The Morgan fingerprint density at radius 1 is 1.16 bits per heavy atom. The first-order valence-corrected chi connectivity index (χ1v) is 6.62. The molecule has 0 unspecified atom stereocenters. The lowest BCUT2D eigenvalue weighted by Gasteiger charge is -2.10. The SMILES string of the molecule is CCCNCCOc1nccc2c(OC)cccc12. The van der Waals surface area contributed by atoms with Gasteiger partial charge in [-0.2, -0.15) is 0 Å². The van der Waals surface area contributed by atoms with Crippen molar-refractivity contribution in [1.29, 1.82) is 0 Å². The minimum absolute atomic E-state index is 0.614. The molecule has 4 heteroatoms. The van der Waals surface area contributed by atoms with Crippen LogP contribution in [0, 0.1) is 0 Å². The van der Waals surface area contributed by atoms with Gasteiger partial charge in [-0.15, -0.1) is 0 Å². The fourth-order valence-corrected chi connectivity index (χ4v) is 1.97. The number of pyridine rings is 1. The van der Waals surface area contributed by atoms with Gasteiger partial charge in [0.05, 0.1) is 7.11 Å². The molecule has 0 radical (unpaired) electrons. The van der Waals surface area contributed by atoms with E-state index in [2.05, 4.69) is 17.2 Å². The van der Waals surface area contributed by atoms with Gasteiger partial charge in [0.25, 0.3) is 0 Å². The molecule has 2 rings (SSSR count). The summed E-state index contributed by atoms with van der Waals surface area (Å²) in [6.45, 7) is 4.60. The lowest BCUT2D eigenvalue weighted by Crippen LogP contribution is -2.21. The first-order chi connectivity index (χ1) is 9.36. The van der Waals surface area contributed by atoms with Gasteiger partial charge >= 0.3 is 0 Å². The smallest absolute Gasteiger partial charge is 0.221 e. The average molecular weight is 260 g/mol. The van der Waals surface area contributed by atoms with Crippen LogP contribution in [0.2, 0.25) is 0 Å². The zero-order chi connectivity index (χ0) is 13.5. The summed E-state index contributed by atoms with van der Waals surface area (Å²) in [5.74, 6) is 1.50. The predicted molar refractivity (Wildman–Crippen MR) is 77.0 cm³/mol. The Bertz CT molecular complexity index is 529. The van der Waals surface area contributed by atoms with Crippen LogP contribution >= 0.6 is 0 Å². The molecule has 1 aromatic carbocycles. The van der Waals surface area contributed by atoms with E-state index in [4.69, 9.17) is 9.47 Å². The molecule has 0 aliphatic rings. The topological polar surface area (TPSA) is 43.4 Å². The lowest BCUT2D eigenvalue weighted by atomic mass is 10.1. The minimum Gasteiger partial charge on any atom is -0.496 e. The third kappa shape index (κ3) is 3.35. The third-order valence-electron chi connectivity index (χ3n) is 2.89. The van der Waals surface area contributed by atoms with Crippen molar-refractivity contribution in [2.75, 3.05) is 26.8 Å². The molecule has 0 aliphatic carbocycles.